The molecule has 1 saturated carbocycles. The van der Waals surface area contributed by atoms with Crippen molar-refractivity contribution in [1.82, 2.24) is 0 Å². The van der Waals surface area contributed by atoms with E-state index in [-0.39, 0.29) is 11.7 Å². The molecule has 108 valence electrons. The number of benzene rings is 1. The Bertz CT molecular complexity index is 470. The molecule has 1 aromatic carbocycles. The summed E-state index contributed by atoms with van der Waals surface area (Å²) in [6.07, 6.45) is 5.16. The second kappa shape index (κ2) is 6.69. The number of aryl methyl sites for hydroxylation is 1. The molecular weight excluding hydrogens is 252 g/mol. The van der Waals surface area contributed by atoms with Gasteiger partial charge < -0.3 is 4.74 Å². The van der Waals surface area contributed by atoms with Gasteiger partial charge in [0.2, 0.25) is 0 Å². The molecule has 1 aliphatic carbocycles. The maximum Gasteiger partial charge on any atom is 0.320 e. The summed E-state index contributed by atoms with van der Waals surface area (Å²) in [6.45, 7) is 1.99. The second-order valence-corrected chi connectivity index (χ2v) is 5.60. The smallest absolute Gasteiger partial charge is 0.320 e. The number of carbonyl (C=O) groups is 2. The Morgan fingerprint density at radius 3 is 2.25 bits per heavy atom. The van der Waals surface area contributed by atoms with Crippen LogP contribution in [0.5, 0.6) is 0 Å². The van der Waals surface area contributed by atoms with Crippen LogP contribution in [0, 0.1) is 12.8 Å². The first-order chi connectivity index (χ1) is 9.63. The van der Waals surface area contributed by atoms with Gasteiger partial charge in [-0.15, -0.1) is 0 Å². The summed E-state index contributed by atoms with van der Waals surface area (Å²) < 4.78 is 4.85. The third-order valence-corrected chi connectivity index (χ3v) is 4.14. The molecule has 1 fully saturated rings. The van der Waals surface area contributed by atoms with Crippen molar-refractivity contribution >= 4 is 11.8 Å². The van der Waals surface area contributed by atoms with Crippen LogP contribution in [0.1, 0.15) is 49.1 Å². The number of hydrogen-bond donors (Lipinski definition) is 0. The number of methoxy groups -OCH3 is 1. The van der Waals surface area contributed by atoms with Crippen molar-refractivity contribution in [2.75, 3.05) is 7.11 Å². The highest BCUT2D eigenvalue weighted by atomic mass is 16.5. The molecule has 0 saturated heterocycles. The lowest BCUT2D eigenvalue weighted by Crippen LogP contribution is -2.30. The average Bonchev–Trinajstić information content (AvgIpc) is 2.50. The van der Waals surface area contributed by atoms with E-state index in [1.165, 1.54) is 13.5 Å². The number of carbonyl (C=O) groups excluding carboxylic acids is 2. The van der Waals surface area contributed by atoms with E-state index < -0.39 is 11.9 Å². The van der Waals surface area contributed by atoms with Crippen molar-refractivity contribution in [3.8, 4) is 0 Å². The van der Waals surface area contributed by atoms with Crippen LogP contribution in [0.3, 0.4) is 0 Å². The van der Waals surface area contributed by atoms with E-state index >= 15 is 0 Å². The number of esters is 1. The zero-order valence-corrected chi connectivity index (χ0v) is 12.2. The molecule has 0 aliphatic heterocycles. The molecule has 2 rings (SSSR count). The van der Waals surface area contributed by atoms with Crippen LogP contribution in [-0.4, -0.2) is 18.9 Å². The Labute approximate surface area is 120 Å². The van der Waals surface area contributed by atoms with Gasteiger partial charge in [0.25, 0.3) is 0 Å². The Kier molecular flexibility index (Phi) is 4.94. The minimum atomic E-state index is -0.760. The van der Waals surface area contributed by atoms with Gasteiger partial charge in [-0.3, -0.25) is 9.59 Å². The Morgan fingerprint density at radius 1 is 1.10 bits per heavy atom. The van der Waals surface area contributed by atoms with E-state index in [0.29, 0.717) is 0 Å². The van der Waals surface area contributed by atoms with Crippen molar-refractivity contribution < 1.29 is 14.3 Å². The number of hydrogen-bond acceptors (Lipinski definition) is 3. The van der Waals surface area contributed by atoms with Crippen molar-refractivity contribution in [1.29, 1.82) is 0 Å². The van der Waals surface area contributed by atoms with Crippen LogP contribution in [0.15, 0.2) is 24.3 Å². The van der Waals surface area contributed by atoms with Gasteiger partial charge in [0.05, 0.1) is 7.11 Å². The van der Waals surface area contributed by atoms with Crippen LogP contribution < -0.4 is 0 Å². The first kappa shape index (κ1) is 14.8. The summed E-state index contributed by atoms with van der Waals surface area (Å²) in [5, 5.41) is 0. The predicted octanol–water partition coefficient (Wildman–Crippen LogP) is 3.40. The molecule has 0 spiro atoms. The largest absolute Gasteiger partial charge is 0.468 e. The molecule has 1 atom stereocenters. The first-order valence-corrected chi connectivity index (χ1v) is 7.31. The topological polar surface area (TPSA) is 43.4 Å². The number of rotatable bonds is 4. The van der Waals surface area contributed by atoms with Crippen LogP contribution in [0.25, 0.3) is 0 Å². The quantitative estimate of drug-likeness (QED) is 0.624. The van der Waals surface area contributed by atoms with Crippen LogP contribution in [-0.2, 0) is 14.3 Å². The fraction of sp³-hybridized carbons (Fsp3) is 0.529. The molecule has 3 heteroatoms. The van der Waals surface area contributed by atoms with Crippen molar-refractivity contribution in [2.24, 2.45) is 5.92 Å². The van der Waals surface area contributed by atoms with Gasteiger partial charge in [-0.1, -0.05) is 49.1 Å². The maximum atomic E-state index is 12.7. The normalized spacial score (nSPS) is 17.5. The van der Waals surface area contributed by atoms with Crippen molar-refractivity contribution in [3.63, 3.8) is 0 Å². The van der Waals surface area contributed by atoms with Crippen molar-refractivity contribution in [3.05, 3.63) is 35.4 Å². The summed E-state index contributed by atoms with van der Waals surface area (Å²) in [5.41, 5.74) is 1.86. The first-order valence-electron chi connectivity index (χ1n) is 7.31. The van der Waals surface area contributed by atoms with E-state index in [1.54, 1.807) is 0 Å². The van der Waals surface area contributed by atoms with Gasteiger partial charge in [-0.05, 0) is 25.3 Å². The molecular formula is C17H22O3. The SMILES string of the molecule is COC(=O)C(C(=O)C1CCCCC1)c1ccc(C)cc1. The Hall–Kier alpha value is -1.64. The van der Waals surface area contributed by atoms with Crippen molar-refractivity contribution in [2.45, 2.75) is 44.9 Å². The van der Waals surface area contributed by atoms with Gasteiger partial charge in [-0.25, -0.2) is 0 Å². The predicted molar refractivity (Wildman–Crippen MR) is 77.5 cm³/mol. The van der Waals surface area contributed by atoms with Crippen LogP contribution in [0.2, 0.25) is 0 Å². The highest BCUT2D eigenvalue weighted by Crippen LogP contribution is 2.31. The summed E-state index contributed by atoms with van der Waals surface area (Å²) in [6, 6.07) is 7.58. The zero-order valence-electron chi connectivity index (χ0n) is 12.2. The van der Waals surface area contributed by atoms with Gasteiger partial charge in [0.1, 0.15) is 5.92 Å². The van der Waals surface area contributed by atoms with E-state index in [1.807, 2.05) is 31.2 Å². The molecule has 1 aromatic rings. The Morgan fingerprint density at radius 2 is 1.70 bits per heavy atom. The van der Waals surface area contributed by atoms with E-state index in [2.05, 4.69) is 0 Å². The molecule has 0 amide bonds. The third-order valence-electron chi connectivity index (χ3n) is 4.14. The number of ketones is 1. The fourth-order valence-electron chi connectivity index (χ4n) is 2.92. The average molecular weight is 274 g/mol. The number of ether oxygens (including phenoxy) is 1. The minimum absolute atomic E-state index is 0.00848. The molecule has 0 radical (unpaired) electrons. The lowest BCUT2D eigenvalue weighted by atomic mass is 9.79. The third kappa shape index (κ3) is 3.27. The summed E-state index contributed by atoms with van der Waals surface area (Å²) in [5.74, 6) is -1.16. The minimum Gasteiger partial charge on any atom is -0.468 e. The molecule has 1 aliphatic rings. The van der Waals surface area contributed by atoms with Gasteiger partial charge in [0.15, 0.2) is 5.78 Å². The monoisotopic (exact) mass is 274 g/mol. The Balaban J connectivity index is 2.24. The second-order valence-electron chi connectivity index (χ2n) is 5.60. The molecule has 0 N–H and O–H groups in total. The van der Waals surface area contributed by atoms with Gasteiger partial charge >= 0.3 is 5.97 Å². The van der Waals surface area contributed by atoms with E-state index in [4.69, 9.17) is 4.74 Å². The lowest BCUT2D eigenvalue weighted by Gasteiger charge is -2.24. The van der Waals surface area contributed by atoms with E-state index in [0.717, 1.165) is 36.8 Å². The van der Waals surface area contributed by atoms with Crippen LogP contribution in [0.4, 0.5) is 0 Å². The summed E-state index contributed by atoms with van der Waals surface area (Å²) in [4.78, 5) is 24.7. The summed E-state index contributed by atoms with van der Waals surface area (Å²) >= 11 is 0. The molecule has 20 heavy (non-hydrogen) atoms. The standard InChI is InChI=1S/C17H22O3/c1-12-8-10-13(11-9-12)15(17(19)20-2)16(18)14-6-4-3-5-7-14/h8-11,14-15H,3-7H2,1-2H3. The molecule has 1 unspecified atom stereocenters. The molecule has 3 nitrogen and oxygen atoms in total. The lowest BCUT2D eigenvalue weighted by molar-refractivity contribution is -0.147. The molecule has 0 heterocycles. The van der Waals surface area contributed by atoms with Gasteiger partial charge in [0, 0.05) is 5.92 Å². The van der Waals surface area contributed by atoms with Crippen LogP contribution >= 0.6 is 0 Å². The van der Waals surface area contributed by atoms with E-state index in [9.17, 15) is 9.59 Å². The summed E-state index contributed by atoms with van der Waals surface area (Å²) in [7, 11) is 1.34. The highest BCUT2D eigenvalue weighted by molar-refractivity contribution is 6.05. The maximum absolute atomic E-state index is 12.7. The molecule has 0 bridgehead atoms. The zero-order chi connectivity index (χ0) is 14.5. The highest BCUT2D eigenvalue weighted by Gasteiger charge is 2.34. The molecule has 0 aromatic heterocycles. The number of Topliss-reactive ketones (excluding diaryl/α,β-unsaturated/α-hetero) is 1. The van der Waals surface area contributed by atoms with Gasteiger partial charge in [-0.2, -0.15) is 0 Å². The fourth-order valence-corrected chi connectivity index (χ4v) is 2.92.